The predicted octanol–water partition coefficient (Wildman–Crippen LogP) is 6.15. The van der Waals surface area contributed by atoms with E-state index in [2.05, 4.69) is 34.3 Å². The van der Waals surface area contributed by atoms with Gasteiger partial charge >= 0.3 is 5.97 Å². The highest BCUT2D eigenvalue weighted by molar-refractivity contribution is 6.10. The minimum Gasteiger partial charge on any atom is -0.459 e. The summed E-state index contributed by atoms with van der Waals surface area (Å²) in [6.07, 6.45) is 0.362. The summed E-state index contributed by atoms with van der Waals surface area (Å²) in [5, 5.41) is 7.72. The van der Waals surface area contributed by atoms with Crippen LogP contribution in [0.2, 0.25) is 0 Å². The number of furan rings is 1. The Labute approximate surface area is 219 Å². The van der Waals surface area contributed by atoms with Crippen molar-refractivity contribution in [2.75, 3.05) is 10.6 Å². The molecule has 0 aliphatic rings. The number of ether oxygens (including phenoxy) is 1. The van der Waals surface area contributed by atoms with E-state index < -0.39 is 23.9 Å². The number of carbonyl (C=O) groups excluding carboxylic acids is 3. The summed E-state index contributed by atoms with van der Waals surface area (Å²) < 4.78 is 12.8. The normalized spacial score (nSPS) is 11.9. The molecule has 2 N–H and O–H groups in total. The molecule has 5 rings (SSSR count). The van der Waals surface area contributed by atoms with Crippen molar-refractivity contribution in [2.45, 2.75) is 33.4 Å². The lowest BCUT2D eigenvalue weighted by atomic mass is 10.1. The summed E-state index contributed by atoms with van der Waals surface area (Å²) in [6, 6.07) is 21.9. The molecule has 0 saturated heterocycles. The minimum atomic E-state index is -1.04. The lowest BCUT2D eigenvalue weighted by Crippen LogP contribution is -2.30. The number of rotatable bonds is 7. The van der Waals surface area contributed by atoms with E-state index in [1.807, 2.05) is 30.3 Å². The van der Waals surface area contributed by atoms with E-state index in [1.165, 1.54) is 19.3 Å². The van der Waals surface area contributed by atoms with Crippen LogP contribution < -0.4 is 10.6 Å². The van der Waals surface area contributed by atoms with Crippen LogP contribution in [0.3, 0.4) is 0 Å². The van der Waals surface area contributed by atoms with Crippen LogP contribution >= 0.6 is 0 Å². The number of amides is 2. The number of esters is 1. The Morgan fingerprint density at radius 3 is 2.47 bits per heavy atom. The zero-order valence-electron chi connectivity index (χ0n) is 21.3. The van der Waals surface area contributed by atoms with Crippen molar-refractivity contribution in [3.05, 3.63) is 95.9 Å². The van der Waals surface area contributed by atoms with Crippen molar-refractivity contribution in [1.82, 2.24) is 4.57 Å². The Morgan fingerprint density at radius 2 is 1.71 bits per heavy atom. The zero-order chi connectivity index (χ0) is 26.8. The van der Waals surface area contributed by atoms with Crippen molar-refractivity contribution in [2.24, 2.45) is 0 Å². The van der Waals surface area contributed by atoms with Crippen molar-refractivity contribution < 1.29 is 23.5 Å². The van der Waals surface area contributed by atoms with Gasteiger partial charge in [-0.25, -0.2) is 4.79 Å². The first-order valence-corrected chi connectivity index (χ1v) is 12.3. The molecule has 192 valence electrons. The standard InChI is InChI=1S/C30H27N3O5/c1-4-33-25-9-6-5-8-22(25)23-17-21(13-14-26(23)33)31-28(34)19(3)38-30(36)20-12-11-18(2)24(16-20)32-29(35)27-10-7-15-37-27/h5-17,19H,4H2,1-3H3,(H,31,34)(H,32,35)/t19-/m1/s1. The average molecular weight is 510 g/mol. The number of carbonyl (C=O) groups is 3. The Hall–Kier alpha value is -4.85. The average Bonchev–Trinajstić information content (AvgIpc) is 3.56. The van der Waals surface area contributed by atoms with Gasteiger partial charge in [-0.05, 0) is 74.9 Å². The number of aryl methyl sites for hydroxylation is 2. The summed E-state index contributed by atoms with van der Waals surface area (Å²) >= 11 is 0. The third-order valence-corrected chi connectivity index (χ3v) is 6.48. The van der Waals surface area contributed by atoms with E-state index in [9.17, 15) is 14.4 Å². The van der Waals surface area contributed by atoms with Crippen molar-refractivity contribution in [3.8, 4) is 0 Å². The van der Waals surface area contributed by atoms with Gasteiger partial charge in [0.05, 0.1) is 11.8 Å². The first kappa shape index (κ1) is 24.8. The maximum Gasteiger partial charge on any atom is 0.338 e. The molecule has 0 fully saturated rings. The second kappa shape index (κ2) is 10.3. The first-order chi connectivity index (χ1) is 18.4. The largest absolute Gasteiger partial charge is 0.459 e. The van der Waals surface area contributed by atoms with Crippen molar-refractivity contribution in [1.29, 1.82) is 0 Å². The molecule has 0 aliphatic heterocycles. The van der Waals surface area contributed by atoms with E-state index in [-0.39, 0.29) is 11.3 Å². The monoisotopic (exact) mass is 509 g/mol. The van der Waals surface area contributed by atoms with Crippen LogP contribution in [0.15, 0.2) is 83.5 Å². The molecule has 0 spiro atoms. The van der Waals surface area contributed by atoms with Gasteiger partial charge in [-0.1, -0.05) is 24.3 Å². The number of benzene rings is 3. The fraction of sp³-hybridized carbons (Fsp3) is 0.167. The molecule has 1 atom stereocenters. The van der Waals surface area contributed by atoms with E-state index in [4.69, 9.17) is 9.15 Å². The molecule has 8 heteroatoms. The lowest BCUT2D eigenvalue weighted by Gasteiger charge is -2.15. The molecule has 0 unspecified atom stereocenters. The fourth-order valence-electron chi connectivity index (χ4n) is 4.47. The van der Waals surface area contributed by atoms with E-state index in [1.54, 1.807) is 31.2 Å². The predicted molar refractivity (Wildman–Crippen MR) is 146 cm³/mol. The summed E-state index contributed by atoms with van der Waals surface area (Å²) in [5.41, 5.74) is 4.24. The van der Waals surface area contributed by atoms with Gasteiger partial charge in [-0.15, -0.1) is 0 Å². The van der Waals surface area contributed by atoms with Crippen LogP contribution in [0.5, 0.6) is 0 Å². The van der Waals surface area contributed by atoms with Gasteiger partial charge in [0.1, 0.15) is 0 Å². The van der Waals surface area contributed by atoms with Gasteiger partial charge < -0.3 is 24.4 Å². The van der Waals surface area contributed by atoms with Gasteiger partial charge in [0, 0.05) is 39.7 Å². The van der Waals surface area contributed by atoms with Gasteiger partial charge in [-0.2, -0.15) is 0 Å². The highest BCUT2D eigenvalue weighted by atomic mass is 16.5. The summed E-state index contributed by atoms with van der Waals surface area (Å²) in [5.74, 6) is -1.41. The minimum absolute atomic E-state index is 0.153. The quantitative estimate of drug-likeness (QED) is 0.256. The highest BCUT2D eigenvalue weighted by Gasteiger charge is 2.21. The number of anilines is 2. The SMILES string of the molecule is CCn1c2ccccc2c2cc(NC(=O)[C@@H](C)OC(=O)c3ccc(C)c(NC(=O)c4ccco4)c3)ccc21. The van der Waals surface area contributed by atoms with E-state index in [0.29, 0.717) is 11.4 Å². The van der Waals surface area contributed by atoms with Crippen LogP contribution in [0, 0.1) is 6.92 Å². The van der Waals surface area contributed by atoms with Gasteiger partial charge in [0.15, 0.2) is 11.9 Å². The number of hydrogen-bond donors (Lipinski definition) is 2. The summed E-state index contributed by atoms with van der Waals surface area (Å²) in [6.45, 7) is 6.25. The smallest absolute Gasteiger partial charge is 0.338 e. The fourth-order valence-corrected chi connectivity index (χ4v) is 4.47. The molecule has 38 heavy (non-hydrogen) atoms. The highest BCUT2D eigenvalue weighted by Crippen LogP contribution is 2.31. The van der Waals surface area contributed by atoms with Gasteiger partial charge in [-0.3, -0.25) is 9.59 Å². The molecule has 2 aromatic heterocycles. The Morgan fingerprint density at radius 1 is 0.921 bits per heavy atom. The molecule has 8 nitrogen and oxygen atoms in total. The van der Waals surface area contributed by atoms with E-state index in [0.717, 1.165) is 33.9 Å². The van der Waals surface area contributed by atoms with Crippen LogP contribution in [0.25, 0.3) is 21.8 Å². The summed E-state index contributed by atoms with van der Waals surface area (Å²) in [7, 11) is 0. The Kier molecular flexibility index (Phi) is 6.70. The summed E-state index contributed by atoms with van der Waals surface area (Å²) in [4.78, 5) is 38.0. The molecular formula is C30H27N3O5. The number of nitrogens with one attached hydrogen (secondary N) is 2. The number of hydrogen-bond acceptors (Lipinski definition) is 5. The van der Waals surface area contributed by atoms with E-state index >= 15 is 0 Å². The maximum absolute atomic E-state index is 12.9. The Bertz CT molecular complexity index is 1670. The molecule has 0 saturated carbocycles. The van der Waals surface area contributed by atoms with Crippen LogP contribution in [0.4, 0.5) is 11.4 Å². The number of nitrogens with zero attached hydrogens (tertiary/aromatic N) is 1. The Balaban J connectivity index is 1.28. The number of fused-ring (bicyclic) bond motifs is 3. The van der Waals surface area contributed by atoms with Crippen molar-refractivity contribution >= 4 is 51.0 Å². The third kappa shape index (κ3) is 4.76. The molecule has 0 aliphatic carbocycles. The van der Waals surface area contributed by atoms with Crippen LogP contribution in [0.1, 0.15) is 40.3 Å². The number of para-hydroxylation sites is 1. The topological polar surface area (TPSA) is 103 Å². The second-order valence-electron chi connectivity index (χ2n) is 8.99. The lowest BCUT2D eigenvalue weighted by molar-refractivity contribution is -0.123. The molecule has 2 heterocycles. The van der Waals surface area contributed by atoms with Gasteiger partial charge in [0.2, 0.25) is 0 Å². The second-order valence-corrected chi connectivity index (χ2v) is 8.99. The van der Waals surface area contributed by atoms with Crippen molar-refractivity contribution in [3.63, 3.8) is 0 Å². The maximum atomic E-state index is 12.9. The zero-order valence-corrected chi connectivity index (χ0v) is 21.3. The molecule has 3 aromatic carbocycles. The molecule has 2 amide bonds. The molecule has 0 bridgehead atoms. The molecule has 0 radical (unpaired) electrons. The first-order valence-electron chi connectivity index (χ1n) is 12.3. The van der Waals surface area contributed by atoms with Gasteiger partial charge in [0.25, 0.3) is 11.8 Å². The molecular weight excluding hydrogens is 482 g/mol. The number of aromatic nitrogens is 1. The third-order valence-electron chi connectivity index (χ3n) is 6.48. The van der Waals surface area contributed by atoms with Crippen LogP contribution in [-0.4, -0.2) is 28.5 Å². The van der Waals surface area contributed by atoms with Crippen LogP contribution in [-0.2, 0) is 16.1 Å². The molecule has 5 aromatic rings.